The molecule has 0 aliphatic heterocycles. The van der Waals surface area contributed by atoms with Gasteiger partial charge in [-0.15, -0.1) is 0 Å². The van der Waals surface area contributed by atoms with E-state index in [1.165, 1.54) is 11.1 Å². The number of allylic oxidation sites excluding steroid dienone is 3. The lowest BCUT2D eigenvalue weighted by Gasteiger charge is -2.23. The highest BCUT2D eigenvalue weighted by atomic mass is 16.4. The molecule has 4 nitrogen and oxygen atoms in total. The van der Waals surface area contributed by atoms with Crippen molar-refractivity contribution < 1.29 is 14.7 Å². The Morgan fingerprint density at radius 3 is 2.64 bits per heavy atom. The molecule has 1 unspecified atom stereocenters. The summed E-state index contributed by atoms with van der Waals surface area (Å²) in [6.07, 6.45) is 10.0. The lowest BCUT2D eigenvalue weighted by Crippen LogP contribution is -2.22. The van der Waals surface area contributed by atoms with Gasteiger partial charge in [0.25, 0.3) is 0 Å². The fourth-order valence-corrected chi connectivity index (χ4v) is 2.51. The Bertz CT molecular complexity index is 451. The number of aliphatic carboxylic acids is 1. The van der Waals surface area contributed by atoms with Gasteiger partial charge in [0.05, 0.1) is 0 Å². The van der Waals surface area contributed by atoms with Gasteiger partial charge in [-0.2, -0.15) is 0 Å². The van der Waals surface area contributed by atoms with E-state index in [9.17, 15) is 9.59 Å². The fourth-order valence-electron chi connectivity index (χ4n) is 2.51. The first-order chi connectivity index (χ1) is 10.5. The topological polar surface area (TPSA) is 66.4 Å². The third kappa shape index (κ3) is 7.81. The Morgan fingerprint density at radius 1 is 1.18 bits per heavy atom. The molecule has 4 heteroatoms. The van der Waals surface area contributed by atoms with Crippen molar-refractivity contribution in [1.82, 2.24) is 5.32 Å². The summed E-state index contributed by atoms with van der Waals surface area (Å²) in [5.74, 6) is -0.581. The number of carbonyl (C=O) groups excluding carboxylic acids is 1. The zero-order chi connectivity index (χ0) is 16.4. The third-order valence-corrected chi connectivity index (χ3v) is 3.93. The van der Waals surface area contributed by atoms with Crippen LogP contribution < -0.4 is 5.32 Å². The van der Waals surface area contributed by atoms with Gasteiger partial charge in [0.2, 0.25) is 5.91 Å². The molecule has 1 atom stereocenters. The summed E-state index contributed by atoms with van der Waals surface area (Å²) in [6, 6.07) is 0. The van der Waals surface area contributed by atoms with Crippen molar-refractivity contribution >= 4 is 11.9 Å². The van der Waals surface area contributed by atoms with Gasteiger partial charge in [-0.1, -0.05) is 43.2 Å². The summed E-state index contributed by atoms with van der Waals surface area (Å²) in [6.45, 7) is 8.70. The summed E-state index contributed by atoms with van der Waals surface area (Å²) in [5.41, 5.74) is 2.40. The molecule has 122 valence electrons. The zero-order valence-corrected chi connectivity index (χ0v) is 13.3. The first-order valence-corrected chi connectivity index (χ1v) is 8.01. The number of unbranched alkanes of at least 4 members (excludes halogenated alkanes) is 3. The number of hydrogen-bond donors (Lipinski definition) is 2. The minimum atomic E-state index is -0.745. The largest absolute Gasteiger partial charge is 0.481 e. The van der Waals surface area contributed by atoms with Crippen LogP contribution in [0.25, 0.3) is 0 Å². The van der Waals surface area contributed by atoms with Crippen LogP contribution in [0.1, 0.15) is 51.4 Å². The van der Waals surface area contributed by atoms with Crippen molar-refractivity contribution in [3.63, 3.8) is 0 Å². The van der Waals surface area contributed by atoms with E-state index in [2.05, 4.69) is 18.5 Å². The molecule has 0 heterocycles. The highest BCUT2D eigenvalue weighted by Gasteiger charge is 2.16. The third-order valence-electron chi connectivity index (χ3n) is 3.93. The second-order valence-electron chi connectivity index (χ2n) is 5.93. The van der Waals surface area contributed by atoms with E-state index in [1.807, 2.05) is 6.08 Å². The number of amides is 1. The summed E-state index contributed by atoms with van der Waals surface area (Å²) >= 11 is 0. The molecule has 0 bridgehead atoms. The summed E-state index contributed by atoms with van der Waals surface area (Å²) in [5, 5.41) is 11.4. The quantitative estimate of drug-likeness (QED) is 0.388. The Kier molecular flexibility index (Phi) is 8.26. The van der Waals surface area contributed by atoms with Gasteiger partial charge in [-0.25, -0.2) is 0 Å². The van der Waals surface area contributed by atoms with Gasteiger partial charge in [-0.3, -0.25) is 9.59 Å². The van der Waals surface area contributed by atoms with E-state index in [0.29, 0.717) is 13.0 Å². The zero-order valence-electron chi connectivity index (χ0n) is 13.3. The van der Waals surface area contributed by atoms with Crippen molar-refractivity contribution in [2.24, 2.45) is 5.92 Å². The molecule has 0 aromatic rings. The van der Waals surface area contributed by atoms with Crippen molar-refractivity contribution in [3.8, 4) is 0 Å². The van der Waals surface area contributed by atoms with Crippen LogP contribution in [0, 0.1) is 5.92 Å². The fraction of sp³-hybridized carbons (Fsp3) is 0.556. The Labute approximate surface area is 133 Å². The van der Waals surface area contributed by atoms with Crippen LogP contribution in [0.5, 0.6) is 0 Å². The smallest absolute Gasteiger partial charge is 0.303 e. The van der Waals surface area contributed by atoms with E-state index in [-0.39, 0.29) is 18.2 Å². The molecule has 1 aliphatic rings. The van der Waals surface area contributed by atoms with E-state index < -0.39 is 5.97 Å². The first kappa shape index (κ1) is 18.2. The summed E-state index contributed by atoms with van der Waals surface area (Å²) in [4.78, 5) is 22.1. The van der Waals surface area contributed by atoms with Gasteiger partial charge in [0.1, 0.15) is 0 Å². The summed E-state index contributed by atoms with van der Waals surface area (Å²) in [7, 11) is 0. The number of rotatable bonds is 9. The summed E-state index contributed by atoms with van der Waals surface area (Å²) < 4.78 is 0. The Hall–Kier alpha value is -1.84. The second-order valence-corrected chi connectivity index (χ2v) is 5.93. The van der Waals surface area contributed by atoms with E-state index in [0.717, 1.165) is 38.5 Å². The maximum Gasteiger partial charge on any atom is 0.303 e. The van der Waals surface area contributed by atoms with Crippen molar-refractivity contribution in [3.05, 3.63) is 36.5 Å². The molecule has 0 radical (unpaired) electrons. The SMILES string of the molecule is C=C1CCC(=C)C(/C=C/C(=O)NCCCCCCC(=O)O)C1. The Morgan fingerprint density at radius 2 is 1.91 bits per heavy atom. The van der Waals surface area contributed by atoms with E-state index in [4.69, 9.17) is 5.11 Å². The lowest BCUT2D eigenvalue weighted by molar-refractivity contribution is -0.137. The number of carboxylic acids is 1. The highest BCUT2D eigenvalue weighted by Crippen LogP contribution is 2.31. The first-order valence-electron chi connectivity index (χ1n) is 8.01. The minimum absolute atomic E-state index is 0.0745. The monoisotopic (exact) mass is 305 g/mol. The molecular weight excluding hydrogens is 278 g/mol. The maximum atomic E-state index is 11.7. The van der Waals surface area contributed by atoms with Crippen molar-refractivity contribution in [1.29, 1.82) is 0 Å². The molecular formula is C18H27NO3. The number of nitrogens with one attached hydrogen (secondary N) is 1. The van der Waals surface area contributed by atoms with Gasteiger partial charge in [0.15, 0.2) is 0 Å². The van der Waals surface area contributed by atoms with Crippen LogP contribution in [-0.2, 0) is 9.59 Å². The number of carboxylic acid groups (broad SMARTS) is 1. The van der Waals surface area contributed by atoms with Crippen LogP contribution in [0.3, 0.4) is 0 Å². The molecule has 1 amide bonds. The van der Waals surface area contributed by atoms with Gasteiger partial charge in [-0.05, 0) is 38.2 Å². The molecule has 1 rings (SSSR count). The number of carbonyl (C=O) groups is 2. The molecule has 0 aromatic carbocycles. The molecule has 0 spiro atoms. The molecule has 0 saturated heterocycles. The standard InChI is InChI=1S/C18H27NO3/c1-14-8-9-15(2)16(13-14)10-11-17(20)19-12-6-4-3-5-7-18(21)22/h10-11,16H,1-9,12-13H2,(H,19,20)(H,21,22)/b11-10+. The lowest BCUT2D eigenvalue weighted by atomic mass is 9.82. The average Bonchev–Trinajstić information content (AvgIpc) is 2.47. The molecule has 22 heavy (non-hydrogen) atoms. The van der Waals surface area contributed by atoms with Crippen molar-refractivity contribution in [2.45, 2.75) is 51.4 Å². The number of hydrogen-bond acceptors (Lipinski definition) is 2. The van der Waals surface area contributed by atoms with Crippen molar-refractivity contribution in [2.75, 3.05) is 6.54 Å². The molecule has 1 aliphatic carbocycles. The van der Waals surface area contributed by atoms with Gasteiger partial charge in [0, 0.05) is 18.9 Å². The van der Waals surface area contributed by atoms with Crippen LogP contribution in [0.2, 0.25) is 0 Å². The average molecular weight is 305 g/mol. The van der Waals surface area contributed by atoms with Crippen LogP contribution >= 0.6 is 0 Å². The normalized spacial score (nSPS) is 18.6. The van der Waals surface area contributed by atoms with Crippen LogP contribution in [0.15, 0.2) is 36.5 Å². The molecule has 1 fully saturated rings. The molecule has 2 N–H and O–H groups in total. The van der Waals surface area contributed by atoms with E-state index in [1.54, 1.807) is 6.08 Å². The second kappa shape index (κ2) is 9.98. The van der Waals surface area contributed by atoms with Gasteiger partial charge < -0.3 is 10.4 Å². The minimum Gasteiger partial charge on any atom is -0.481 e. The van der Waals surface area contributed by atoms with Crippen LogP contribution in [-0.4, -0.2) is 23.5 Å². The molecule has 0 aromatic heterocycles. The maximum absolute atomic E-state index is 11.7. The van der Waals surface area contributed by atoms with Gasteiger partial charge >= 0.3 is 5.97 Å². The Balaban J connectivity index is 2.12. The predicted octanol–water partition coefficient (Wildman–Crippen LogP) is 3.61. The predicted molar refractivity (Wildman–Crippen MR) is 88.5 cm³/mol. The highest BCUT2D eigenvalue weighted by molar-refractivity contribution is 5.87. The molecule has 1 saturated carbocycles. The van der Waals surface area contributed by atoms with E-state index >= 15 is 0 Å². The van der Waals surface area contributed by atoms with Crippen LogP contribution in [0.4, 0.5) is 0 Å².